The van der Waals surface area contributed by atoms with Crippen LogP contribution in [0.1, 0.15) is 21.7 Å². The van der Waals surface area contributed by atoms with Gasteiger partial charge in [0.2, 0.25) is 0 Å². The first-order valence-electron chi connectivity index (χ1n) is 7.89. The smallest absolute Gasteiger partial charge is 0.337 e. The van der Waals surface area contributed by atoms with Crippen LogP contribution < -0.4 is 4.72 Å². The predicted molar refractivity (Wildman–Crippen MR) is 97.2 cm³/mol. The van der Waals surface area contributed by atoms with Gasteiger partial charge in [0.1, 0.15) is 0 Å². The van der Waals surface area contributed by atoms with E-state index in [1.807, 2.05) is 0 Å². The first-order valence-corrected chi connectivity index (χ1v) is 9.37. The van der Waals surface area contributed by atoms with Crippen LogP contribution in [0.15, 0.2) is 47.4 Å². The normalized spacial score (nSPS) is 11.2. The number of aromatic nitrogens is 4. The molecular formula is C17H17N5O4S. The Kier molecular flexibility index (Phi) is 4.91. The van der Waals surface area contributed by atoms with E-state index < -0.39 is 16.0 Å². The maximum Gasteiger partial charge on any atom is 0.337 e. The van der Waals surface area contributed by atoms with Crippen LogP contribution >= 0.6 is 0 Å². The van der Waals surface area contributed by atoms with Crippen LogP contribution in [0.25, 0.3) is 5.69 Å². The Balaban J connectivity index is 1.96. The van der Waals surface area contributed by atoms with Crippen molar-refractivity contribution in [2.24, 2.45) is 0 Å². The zero-order chi connectivity index (χ0) is 19.6. The summed E-state index contributed by atoms with van der Waals surface area (Å²) >= 11 is 0. The lowest BCUT2D eigenvalue weighted by Gasteiger charge is -2.12. The lowest BCUT2D eigenvalue weighted by molar-refractivity contribution is 0.0600. The van der Waals surface area contributed by atoms with Gasteiger partial charge < -0.3 is 4.74 Å². The second-order valence-electron chi connectivity index (χ2n) is 5.77. The van der Waals surface area contributed by atoms with E-state index in [9.17, 15) is 13.2 Å². The van der Waals surface area contributed by atoms with Gasteiger partial charge in [0.15, 0.2) is 5.82 Å². The Morgan fingerprint density at radius 3 is 2.59 bits per heavy atom. The Morgan fingerprint density at radius 2 is 1.93 bits per heavy atom. The molecule has 9 nitrogen and oxygen atoms in total. The quantitative estimate of drug-likeness (QED) is 0.664. The number of sulfonamides is 1. The van der Waals surface area contributed by atoms with Gasteiger partial charge in [-0.25, -0.2) is 13.2 Å². The van der Waals surface area contributed by atoms with Crippen LogP contribution in [0.5, 0.6) is 0 Å². The number of anilines is 1. The largest absolute Gasteiger partial charge is 0.465 e. The van der Waals surface area contributed by atoms with E-state index in [0.29, 0.717) is 22.8 Å². The van der Waals surface area contributed by atoms with Crippen LogP contribution in [-0.4, -0.2) is 41.7 Å². The van der Waals surface area contributed by atoms with Gasteiger partial charge in [-0.3, -0.25) is 4.72 Å². The highest BCUT2D eigenvalue weighted by molar-refractivity contribution is 7.92. The van der Waals surface area contributed by atoms with Gasteiger partial charge in [0.05, 0.1) is 28.9 Å². The lowest BCUT2D eigenvalue weighted by Crippen LogP contribution is -2.15. The zero-order valence-corrected chi connectivity index (χ0v) is 15.7. The molecule has 1 heterocycles. The number of ether oxygens (including phenoxy) is 1. The topological polar surface area (TPSA) is 116 Å². The van der Waals surface area contributed by atoms with Gasteiger partial charge in [-0.05, 0) is 60.2 Å². The highest BCUT2D eigenvalue weighted by atomic mass is 32.2. The first kappa shape index (κ1) is 18.5. The summed E-state index contributed by atoms with van der Waals surface area (Å²) in [5.41, 5.74) is 1.60. The molecule has 0 unspecified atom stereocenters. The molecule has 0 fully saturated rings. The van der Waals surface area contributed by atoms with Crippen molar-refractivity contribution in [3.63, 3.8) is 0 Å². The highest BCUT2D eigenvalue weighted by Gasteiger charge is 2.20. The molecule has 140 valence electrons. The Morgan fingerprint density at radius 1 is 1.15 bits per heavy atom. The van der Waals surface area contributed by atoms with Crippen molar-refractivity contribution in [2.75, 3.05) is 11.8 Å². The summed E-state index contributed by atoms with van der Waals surface area (Å²) in [7, 11) is -2.69. The number of methoxy groups -OCH3 is 1. The summed E-state index contributed by atoms with van der Waals surface area (Å²) in [5, 5.41) is 11.2. The van der Waals surface area contributed by atoms with E-state index in [2.05, 4.69) is 25.0 Å². The second-order valence-corrected chi connectivity index (χ2v) is 7.42. The van der Waals surface area contributed by atoms with Crippen LogP contribution in [0, 0.1) is 13.8 Å². The number of benzene rings is 2. The third-order valence-corrected chi connectivity index (χ3v) is 5.39. The van der Waals surface area contributed by atoms with Crippen molar-refractivity contribution in [2.45, 2.75) is 18.7 Å². The molecule has 0 aliphatic carbocycles. The van der Waals surface area contributed by atoms with E-state index in [1.165, 1.54) is 23.9 Å². The molecule has 0 aliphatic heterocycles. The van der Waals surface area contributed by atoms with E-state index >= 15 is 0 Å². The number of carbonyl (C=O) groups excluding carboxylic acids is 1. The number of tetrazole rings is 1. The predicted octanol–water partition coefficient (Wildman–Crippen LogP) is 1.87. The van der Waals surface area contributed by atoms with Crippen LogP contribution in [0.4, 0.5) is 5.69 Å². The Bertz CT molecular complexity index is 1110. The van der Waals surface area contributed by atoms with Crippen molar-refractivity contribution in [1.29, 1.82) is 0 Å². The summed E-state index contributed by atoms with van der Waals surface area (Å²) in [6.45, 7) is 3.38. The van der Waals surface area contributed by atoms with Crippen molar-refractivity contribution in [3.05, 3.63) is 59.4 Å². The second kappa shape index (κ2) is 7.16. The van der Waals surface area contributed by atoms with Gasteiger partial charge >= 0.3 is 5.97 Å². The molecule has 0 radical (unpaired) electrons. The molecule has 3 aromatic rings. The minimum absolute atomic E-state index is 0.00518. The van der Waals surface area contributed by atoms with Crippen molar-refractivity contribution < 1.29 is 17.9 Å². The minimum Gasteiger partial charge on any atom is -0.465 e. The summed E-state index contributed by atoms with van der Waals surface area (Å²) in [4.78, 5) is 11.7. The van der Waals surface area contributed by atoms with Crippen molar-refractivity contribution in [3.8, 4) is 5.69 Å². The summed E-state index contributed by atoms with van der Waals surface area (Å²) in [6.07, 6.45) is 0. The molecule has 0 atom stereocenters. The third-order valence-electron chi connectivity index (χ3n) is 3.87. The molecule has 1 N–H and O–H groups in total. The fourth-order valence-corrected chi connectivity index (χ4v) is 3.84. The molecule has 0 bridgehead atoms. The SMILES string of the molecule is COC(=O)c1ccc(C)c(S(=O)(=O)Nc2cccc(-n3nnnc3C)c2)c1. The Hall–Kier alpha value is -3.27. The summed E-state index contributed by atoms with van der Waals surface area (Å²) in [5.74, 6) is -0.0424. The Labute approximate surface area is 156 Å². The average molecular weight is 387 g/mol. The number of nitrogens with one attached hydrogen (secondary N) is 1. The lowest BCUT2D eigenvalue weighted by atomic mass is 10.1. The monoisotopic (exact) mass is 387 g/mol. The fourth-order valence-electron chi connectivity index (χ4n) is 2.52. The number of carbonyl (C=O) groups is 1. The average Bonchev–Trinajstić information content (AvgIpc) is 3.07. The van der Waals surface area contributed by atoms with Gasteiger partial charge in [-0.15, -0.1) is 5.10 Å². The number of esters is 1. The molecule has 0 spiro atoms. The number of rotatable bonds is 5. The van der Waals surface area contributed by atoms with Crippen LogP contribution in [0.2, 0.25) is 0 Å². The summed E-state index contributed by atoms with van der Waals surface area (Å²) < 4.78 is 34.3. The van der Waals surface area contributed by atoms with E-state index in [1.54, 1.807) is 44.2 Å². The number of aryl methyl sites for hydroxylation is 2. The molecule has 3 rings (SSSR count). The van der Waals surface area contributed by atoms with E-state index in [-0.39, 0.29) is 10.5 Å². The number of nitrogens with zero attached hydrogens (tertiary/aromatic N) is 4. The van der Waals surface area contributed by atoms with Crippen molar-refractivity contribution >= 4 is 21.7 Å². The van der Waals surface area contributed by atoms with Gasteiger partial charge in [0.25, 0.3) is 10.0 Å². The molecule has 0 saturated carbocycles. The van der Waals surface area contributed by atoms with Crippen molar-refractivity contribution in [1.82, 2.24) is 20.2 Å². The maximum absolute atomic E-state index is 12.8. The molecule has 0 saturated heterocycles. The highest BCUT2D eigenvalue weighted by Crippen LogP contribution is 2.22. The standard InChI is InChI=1S/C17H17N5O4S/c1-11-7-8-13(17(23)26-3)9-16(11)27(24,25)19-14-5-4-6-15(10-14)22-12(2)18-20-21-22/h4-10,19H,1-3H3. The third kappa shape index (κ3) is 3.80. The minimum atomic E-state index is -3.92. The molecular weight excluding hydrogens is 370 g/mol. The van der Waals surface area contributed by atoms with Crippen LogP contribution in [-0.2, 0) is 14.8 Å². The van der Waals surface area contributed by atoms with Gasteiger partial charge in [-0.1, -0.05) is 12.1 Å². The molecule has 0 amide bonds. The molecule has 0 aliphatic rings. The maximum atomic E-state index is 12.8. The summed E-state index contributed by atoms with van der Waals surface area (Å²) in [6, 6.07) is 11.0. The molecule has 10 heteroatoms. The van der Waals surface area contributed by atoms with E-state index in [0.717, 1.165) is 0 Å². The first-order chi connectivity index (χ1) is 12.8. The molecule has 1 aromatic heterocycles. The van der Waals surface area contributed by atoms with Crippen LogP contribution in [0.3, 0.4) is 0 Å². The fraction of sp³-hybridized carbons (Fsp3) is 0.176. The number of hydrogen-bond donors (Lipinski definition) is 1. The van der Waals surface area contributed by atoms with Gasteiger partial charge in [0, 0.05) is 0 Å². The molecule has 27 heavy (non-hydrogen) atoms. The van der Waals surface area contributed by atoms with E-state index in [4.69, 9.17) is 0 Å². The molecule has 2 aromatic carbocycles. The van der Waals surface area contributed by atoms with Gasteiger partial charge in [-0.2, -0.15) is 4.68 Å². The zero-order valence-electron chi connectivity index (χ0n) is 14.9. The number of hydrogen-bond acceptors (Lipinski definition) is 7.